The van der Waals surface area contributed by atoms with E-state index >= 15 is 0 Å². The van der Waals surface area contributed by atoms with E-state index in [1.165, 1.54) is 0 Å². The van der Waals surface area contributed by atoms with Crippen LogP contribution in [0.2, 0.25) is 0 Å². The summed E-state index contributed by atoms with van der Waals surface area (Å²) in [6, 6.07) is 11.1. The highest BCUT2D eigenvalue weighted by Gasteiger charge is 2.12. The maximum Gasteiger partial charge on any atom is 0.320 e. The lowest BCUT2D eigenvalue weighted by atomic mass is 9.96. The first-order valence-corrected chi connectivity index (χ1v) is 10.2. The second-order valence-electron chi connectivity index (χ2n) is 7.09. The quantitative estimate of drug-likeness (QED) is 0.418. The monoisotopic (exact) mass is 429 g/mol. The number of pyridine rings is 2. The first kappa shape index (κ1) is 21.0. The molecule has 0 unspecified atom stereocenters. The number of nitrogens with zero attached hydrogens (tertiary/aromatic N) is 4. The van der Waals surface area contributed by atoms with E-state index in [4.69, 9.17) is 0 Å². The van der Waals surface area contributed by atoms with Gasteiger partial charge >= 0.3 is 6.03 Å². The van der Waals surface area contributed by atoms with Gasteiger partial charge in [-0.1, -0.05) is 12.1 Å². The second kappa shape index (κ2) is 9.69. The van der Waals surface area contributed by atoms with Gasteiger partial charge in [-0.2, -0.15) is 5.10 Å². The van der Waals surface area contributed by atoms with E-state index in [0.29, 0.717) is 18.9 Å². The van der Waals surface area contributed by atoms with Gasteiger partial charge in [-0.15, -0.1) is 0 Å². The van der Waals surface area contributed by atoms with Crippen molar-refractivity contribution in [3.05, 3.63) is 72.9 Å². The van der Waals surface area contributed by atoms with Crippen molar-refractivity contribution in [2.45, 2.75) is 20.0 Å². The Balaban J connectivity index is 1.64. The summed E-state index contributed by atoms with van der Waals surface area (Å²) in [5, 5.41) is 14.2. The van der Waals surface area contributed by atoms with Gasteiger partial charge in [0, 0.05) is 49.5 Å². The number of aromatic nitrogens is 4. The Hall–Kier alpha value is -4.27. The molecule has 0 atom stereocenters. The van der Waals surface area contributed by atoms with Crippen LogP contribution in [0.1, 0.15) is 12.5 Å². The van der Waals surface area contributed by atoms with Crippen LogP contribution >= 0.6 is 0 Å². The van der Waals surface area contributed by atoms with Gasteiger partial charge in [0.2, 0.25) is 5.91 Å². The lowest BCUT2D eigenvalue weighted by Crippen LogP contribution is -2.28. The van der Waals surface area contributed by atoms with Gasteiger partial charge in [0.15, 0.2) is 0 Å². The van der Waals surface area contributed by atoms with Gasteiger partial charge < -0.3 is 10.6 Å². The summed E-state index contributed by atoms with van der Waals surface area (Å²) < 4.78 is 1.57. The van der Waals surface area contributed by atoms with Gasteiger partial charge in [0.1, 0.15) is 12.4 Å². The highest BCUT2D eigenvalue weighted by Crippen LogP contribution is 2.31. The minimum Gasteiger partial charge on any atom is -0.350 e. The van der Waals surface area contributed by atoms with E-state index < -0.39 is 0 Å². The minimum atomic E-state index is -0.313. The Bertz CT molecular complexity index is 1220. The summed E-state index contributed by atoms with van der Waals surface area (Å²) in [6.45, 7) is 2.86. The zero-order valence-electron chi connectivity index (χ0n) is 17.6. The van der Waals surface area contributed by atoms with Crippen LogP contribution in [-0.2, 0) is 17.9 Å². The van der Waals surface area contributed by atoms with Crippen molar-refractivity contribution in [2.24, 2.45) is 0 Å². The van der Waals surface area contributed by atoms with Gasteiger partial charge in [-0.05, 0) is 53.3 Å². The molecular formula is C23H23N7O2. The van der Waals surface area contributed by atoms with Crippen LogP contribution in [0.15, 0.2) is 67.4 Å². The number of rotatable bonds is 7. The standard InChI is InChI=1S/C23H23N7O2/c1-2-25-23(32)29-21-12-19-18(16-6-9-24-10-7-16)5-4-17(20(19)14-26-21)13-27-22(31)15-30-11-3-8-28-30/h3-12,14H,2,13,15H2,1H3,(H,27,31)(H2,25,26,29,32). The van der Waals surface area contributed by atoms with Crippen LogP contribution in [0, 0.1) is 0 Å². The molecular weight excluding hydrogens is 406 g/mol. The summed E-state index contributed by atoms with van der Waals surface area (Å²) in [4.78, 5) is 32.7. The number of benzene rings is 1. The zero-order chi connectivity index (χ0) is 22.3. The van der Waals surface area contributed by atoms with Crippen LogP contribution in [0.4, 0.5) is 10.6 Å². The van der Waals surface area contributed by atoms with Crippen molar-refractivity contribution in [3.8, 4) is 11.1 Å². The molecule has 1 aromatic carbocycles. The van der Waals surface area contributed by atoms with Gasteiger partial charge in [-0.25, -0.2) is 9.78 Å². The Kier molecular flexibility index (Phi) is 6.35. The number of urea groups is 1. The van der Waals surface area contributed by atoms with E-state index in [2.05, 4.69) is 31.0 Å². The maximum atomic E-state index is 12.3. The summed E-state index contributed by atoms with van der Waals surface area (Å²) in [5.41, 5.74) is 2.90. The zero-order valence-corrected chi connectivity index (χ0v) is 17.6. The molecule has 0 aliphatic heterocycles. The van der Waals surface area contributed by atoms with Crippen molar-refractivity contribution in [1.29, 1.82) is 0 Å². The topological polar surface area (TPSA) is 114 Å². The molecule has 3 aromatic heterocycles. The molecule has 4 rings (SSSR count). The van der Waals surface area contributed by atoms with Gasteiger partial charge in [0.25, 0.3) is 0 Å². The fourth-order valence-corrected chi connectivity index (χ4v) is 3.42. The molecule has 0 fully saturated rings. The molecule has 0 saturated heterocycles. The van der Waals surface area contributed by atoms with Gasteiger partial charge in [0.05, 0.1) is 0 Å². The van der Waals surface area contributed by atoms with E-state index in [1.807, 2.05) is 37.3 Å². The summed E-state index contributed by atoms with van der Waals surface area (Å²) in [6.07, 6.45) is 8.57. The highest BCUT2D eigenvalue weighted by molar-refractivity contribution is 6.00. The predicted octanol–water partition coefficient (Wildman–Crippen LogP) is 2.95. The largest absolute Gasteiger partial charge is 0.350 e. The van der Waals surface area contributed by atoms with Crippen LogP contribution in [0.3, 0.4) is 0 Å². The van der Waals surface area contributed by atoms with Crippen LogP contribution in [0.5, 0.6) is 0 Å². The molecule has 0 spiro atoms. The molecule has 32 heavy (non-hydrogen) atoms. The molecule has 0 aliphatic rings. The summed E-state index contributed by atoms with van der Waals surface area (Å²) in [7, 11) is 0. The second-order valence-corrected chi connectivity index (χ2v) is 7.09. The fraction of sp³-hybridized carbons (Fsp3) is 0.174. The number of hydrogen-bond acceptors (Lipinski definition) is 5. The average Bonchev–Trinajstić information content (AvgIpc) is 3.31. The molecule has 3 heterocycles. The molecule has 3 N–H and O–H groups in total. The van der Waals surface area contributed by atoms with Gasteiger partial charge in [-0.3, -0.25) is 19.8 Å². The minimum absolute atomic E-state index is 0.137. The normalized spacial score (nSPS) is 10.7. The molecule has 9 nitrogen and oxygen atoms in total. The summed E-state index contributed by atoms with van der Waals surface area (Å²) in [5.74, 6) is 0.307. The number of hydrogen-bond donors (Lipinski definition) is 3. The number of nitrogens with one attached hydrogen (secondary N) is 3. The highest BCUT2D eigenvalue weighted by atomic mass is 16.2. The van der Waals surface area contributed by atoms with Crippen molar-refractivity contribution >= 4 is 28.5 Å². The first-order chi connectivity index (χ1) is 15.6. The molecule has 0 bridgehead atoms. The van der Waals surface area contributed by atoms with Crippen LogP contribution < -0.4 is 16.0 Å². The maximum absolute atomic E-state index is 12.3. The molecule has 0 radical (unpaired) electrons. The van der Waals surface area contributed by atoms with Crippen LogP contribution in [0.25, 0.3) is 21.9 Å². The van der Waals surface area contributed by atoms with Crippen molar-refractivity contribution in [3.63, 3.8) is 0 Å². The van der Waals surface area contributed by atoms with E-state index in [9.17, 15) is 9.59 Å². The lowest BCUT2D eigenvalue weighted by Gasteiger charge is -2.14. The Labute approximate surface area is 184 Å². The number of amides is 3. The van der Waals surface area contributed by atoms with Crippen LogP contribution in [-0.4, -0.2) is 38.2 Å². The SMILES string of the molecule is CCNC(=O)Nc1cc2c(-c3ccncc3)ccc(CNC(=O)Cn3cccn3)c2cn1. The summed E-state index contributed by atoms with van der Waals surface area (Å²) >= 11 is 0. The number of anilines is 1. The average molecular weight is 429 g/mol. The number of carbonyl (C=O) groups excluding carboxylic acids is 2. The molecule has 0 aliphatic carbocycles. The number of carbonyl (C=O) groups is 2. The smallest absolute Gasteiger partial charge is 0.320 e. The predicted molar refractivity (Wildman–Crippen MR) is 122 cm³/mol. The third-order valence-corrected chi connectivity index (χ3v) is 4.90. The Morgan fingerprint density at radius 3 is 2.62 bits per heavy atom. The van der Waals surface area contributed by atoms with E-state index in [0.717, 1.165) is 27.5 Å². The van der Waals surface area contributed by atoms with Crippen molar-refractivity contribution in [1.82, 2.24) is 30.4 Å². The number of fused-ring (bicyclic) bond motifs is 1. The lowest BCUT2D eigenvalue weighted by molar-refractivity contribution is -0.122. The van der Waals surface area contributed by atoms with Crippen molar-refractivity contribution < 1.29 is 9.59 Å². The van der Waals surface area contributed by atoms with E-state index in [-0.39, 0.29) is 18.5 Å². The fourth-order valence-electron chi connectivity index (χ4n) is 3.42. The molecule has 3 amide bonds. The van der Waals surface area contributed by atoms with E-state index in [1.54, 1.807) is 41.7 Å². The third-order valence-electron chi connectivity index (χ3n) is 4.90. The Morgan fingerprint density at radius 2 is 1.88 bits per heavy atom. The molecule has 0 saturated carbocycles. The van der Waals surface area contributed by atoms with Crippen molar-refractivity contribution in [2.75, 3.05) is 11.9 Å². The first-order valence-electron chi connectivity index (χ1n) is 10.2. The molecule has 4 aromatic rings. The molecule has 9 heteroatoms. The Morgan fingerprint density at radius 1 is 1.03 bits per heavy atom. The molecule has 162 valence electrons. The third kappa shape index (κ3) is 4.89.